The van der Waals surface area contributed by atoms with Crippen LogP contribution in [0.3, 0.4) is 0 Å². The summed E-state index contributed by atoms with van der Waals surface area (Å²) in [5.74, 6) is 0. The maximum absolute atomic E-state index is 12.8. The van der Waals surface area contributed by atoms with Crippen LogP contribution in [0.4, 0.5) is 18.9 Å². The number of rotatable bonds is 2. The van der Waals surface area contributed by atoms with E-state index in [2.05, 4.69) is 10.3 Å². The van der Waals surface area contributed by atoms with E-state index in [0.717, 1.165) is 12.5 Å². The molecule has 0 fully saturated rings. The number of nitrogens with one attached hydrogen (secondary N) is 1. The largest absolute Gasteiger partial charge is 0.418 e. The number of hydrogen-bond acceptors (Lipinski definition) is 3. The Hall–Kier alpha value is -1.17. The first-order valence-corrected chi connectivity index (χ1v) is 6.53. The fourth-order valence-corrected chi connectivity index (χ4v) is 2.60. The van der Waals surface area contributed by atoms with Crippen LogP contribution in [0.5, 0.6) is 0 Å². The second-order valence-electron chi connectivity index (χ2n) is 3.96. The van der Waals surface area contributed by atoms with E-state index >= 15 is 0 Å². The van der Waals surface area contributed by atoms with Crippen LogP contribution in [0.1, 0.15) is 18.9 Å². The molecule has 1 aliphatic rings. The van der Waals surface area contributed by atoms with Crippen molar-refractivity contribution in [2.45, 2.75) is 24.8 Å². The number of aliphatic imine (C=N–C) groups is 1. The van der Waals surface area contributed by atoms with Gasteiger partial charge in [-0.15, -0.1) is 0 Å². The highest BCUT2D eigenvalue weighted by Crippen LogP contribution is 2.35. The van der Waals surface area contributed by atoms with Crippen LogP contribution < -0.4 is 5.32 Å². The minimum atomic E-state index is -4.35. The molecule has 1 aliphatic heterocycles. The van der Waals surface area contributed by atoms with Crippen molar-refractivity contribution in [3.63, 3.8) is 0 Å². The molecule has 0 radical (unpaired) electrons. The van der Waals surface area contributed by atoms with Crippen molar-refractivity contribution < 1.29 is 13.2 Å². The third kappa shape index (κ3) is 2.98. The molecule has 1 aromatic rings. The Morgan fingerprint density at radius 3 is 2.72 bits per heavy atom. The molecule has 1 heterocycles. The molecular weight excluding hydrogens is 261 g/mol. The number of thioether (sulfide) groups is 1. The summed E-state index contributed by atoms with van der Waals surface area (Å²) in [7, 11) is 0. The molecule has 0 aromatic heterocycles. The first-order chi connectivity index (χ1) is 8.50. The van der Waals surface area contributed by atoms with Gasteiger partial charge in [0.05, 0.1) is 17.8 Å². The van der Waals surface area contributed by atoms with Crippen molar-refractivity contribution in [2.75, 3.05) is 11.9 Å². The standard InChI is InChI=1S/C12H13F3N2S/c1-2-8-7-16-11(18-8)17-10-6-4-3-5-9(10)12(13,14)15/h3-6,8H,2,7H2,1H3,(H,16,17). The Kier molecular flexibility index (Phi) is 3.85. The van der Waals surface area contributed by atoms with E-state index in [4.69, 9.17) is 0 Å². The molecule has 2 nitrogen and oxygen atoms in total. The SMILES string of the molecule is CCC1CN=C(Nc2ccccc2C(F)(F)F)S1. The Morgan fingerprint density at radius 1 is 1.39 bits per heavy atom. The Balaban J connectivity index is 2.16. The van der Waals surface area contributed by atoms with E-state index in [1.54, 1.807) is 6.07 Å². The van der Waals surface area contributed by atoms with Gasteiger partial charge in [-0.1, -0.05) is 30.8 Å². The van der Waals surface area contributed by atoms with Crippen molar-refractivity contribution >= 4 is 22.6 Å². The summed E-state index contributed by atoms with van der Waals surface area (Å²) in [4.78, 5) is 4.21. The summed E-state index contributed by atoms with van der Waals surface area (Å²) in [5, 5.41) is 3.71. The van der Waals surface area contributed by atoms with E-state index < -0.39 is 11.7 Å². The number of nitrogens with zero attached hydrogens (tertiary/aromatic N) is 1. The van der Waals surface area contributed by atoms with Gasteiger partial charge in [0.25, 0.3) is 0 Å². The molecule has 1 aromatic carbocycles. The second-order valence-corrected chi connectivity index (χ2v) is 5.25. The lowest BCUT2D eigenvalue weighted by Gasteiger charge is -2.14. The lowest BCUT2D eigenvalue weighted by atomic mass is 10.2. The van der Waals surface area contributed by atoms with Crippen molar-refractivity contribution in [2.24, 2.45) is 4.99 Å². The van der Waals surface area contributed by atoms with Crippen LogP contribution in [0.25, 0.3) is 0 Å². The highest BCUT2D eigenvalue weighted by Gasteiger charge is 2.33. The second kappa shape index (κ2) is 5.22. The van der Waals surface area contributed by atoms with E-state index in [1.807, 2.05) is 6.92 Å². The summed E-state index contributed by atoms with van der Waals surface area (Å²) in [5.41, 5.74) is -0.596. The minimum Gasteiger partial charge on any atom is -0.334 e. The summed E-state index contributed by atoms with van der Waals surface area (Å²) in [6.07, 6.45) is -3.39. The van der Waals surface area contributed by atoms with Gasteiger partial charge in [0.15, 0.2) is 5.17 Å². The van der Waals surface area contributed by atoms with Gasteiger partial charge in [-0.3, -0.25) is 4.99 Å². The van der Waals surface area contributed by atoms with Gasteiger partial charge in [-0.2, -0.15) is 13.2 Å². The van der Waals surface area contributed by atoms with E-state index in [1.165, 1.54) is 23.9 Å². The Labute approximate surface area is 108 Å². The number of halogens is 3. The molecule has 1 atom stereocenters. The summed E-state index contributed by atoms with van der Waals surface area (Å²) < 4.78 is 38.3. The molecule has 1 unspecified atom stereocenters. The van der Waals surface area contributed by atoms with Gasteiger partial charge in [0.2, 0.25) is 0 Å². The smallest absolute Gasteiger partial charge is 0.334 e. The molecular formula is C12H13F3N2S. The van der Waals surface area contributed by atoms with Crippen LogP contribution in [0.2, 0.25) is 0 Å². The van der Waals surface area contributed by atoms with Gasteiger partial charge in [-0.25, -0.2) is 0 Å². The van der Waals surface area contributed by atoms with E-state index in [-0.39, 0.29) is 5.69 Å². The van der Waals surface area contributed by atoms with Gasteiger partial charge in [-0.05, 0) is 18.6 Å². The van der Waals surface area contributed by atoms with Crippen LogP contribution in [0, 0.1) is 0 Å². The summed E-state index contributed by atoms with van der Waals surface area (Å²) in [6.45, 7) is 2.71. The quantitative estimate of drug-likeness (QED) is 0.881. The van der Waals surface area contributed by atoms with Crippen LogP contribution in [-0.2, 0) is 6.18 Å². The van der Waals surface area contributed by atoms with Crippen molar-refractivity contribution in [3.05, 3.63) is 29.8 Å². The highest BCUT2D eigenvalue weighted by molar-refractivity contribution is 8.15. The van der Waals surface area contributed by atoms with Crippen LogP contribution in [0.15, 0.2) is 29.3 Å². The Morgan fingerprint density at radius 2 is 2.11 bits per heavy atom. The number of para-hydroxylation sites is 1. The van der Waals surface area contributed by atoms with Crippen LogP contribution in [-0.4, -0.2) is 17.0 Å². The zero-order chi connectivity index (χ0) is 13.2. The van der Waals surface area contributed by atoms with E-state index in [0.29, 0.717) is 17.0 Å². The number of anilines is 1. The van der Waals surface area contributed by atoms with Crippen molar-refractivity contribution in [1.82, 2.24) is 0 Å². The first kappa shape index (κ1) is 13.3. The van der Waals surface area contributed by atoms with Crippen molar-refractivity contribution in [1.29, 1.82) is 0 Å². The maximum Gasteiger partial charge on any atom is 0.418 e. The fraction of sp³-hybridized carbons (Fsp3) is 0.417. The normalized spacial score (nSPS) is 19.8. The average Bonchev–Trinajstić information content (AvgIpc) is 2.76. The number of hydrogen-bond donors (Lipinski definition) is 1. The highest BCUT2D eigenvalue weighted by atomic mass is 32.2. The van der Waals surface area contributed by atoms with Gasteiger partial charge >= 0.3 is 6.18 Å². The van der Waals surface area contributed by atoms with Gasteiger partial charge in [0.1, 0.15) is 0 Å². The zero-order valence-electron chi connectivity index (χ0n) is 9.79. The molecule has 0 saturated heterocycles. The maximum atomic E-state index is 12.8. The number of alkyl halides is 3. The van der Waals surface area contributed by atoms with Gasteiger partial charge in [0, 0.05) is 5.25 Å². The van der Waals surface area contributed by atoms with E-state index in [9.17, 15) is 13.2 Å². The molecule has 0 saturated carbocycles. The third-order valence-electron chi connectivity index (χ3n) is 2.65. The molecule has 0 aliphatic carbocycles. The molecule has 0 amide bonds. The molecule has 0 spiro atoms. The molecule has 1 N–H and O–H groups in total. The molecule has 2 rings (SSSR count). The predicted molar refractivity (Wildman–Crippen MR) is 69.0 cm³/mol. The molecule has 98 valence electrons. The van der Waals surface area contributed by atoms with Crippen molar-refractivity contribution in [3.8, 4) is 0 Å². The molecule has 18 heavy (non-hydrogen) atoms. The third-order valence-corrected chi connectivity index (χ3v) is 3.92. The number of amidine groups is 1. The predicted octanol–water partition coefficient (Wildman–Crippen LogP) is 4.00. The minimum absolute atomic E-state index is 0.0630. The van der Waals surface area contributed by atoms with Crippen LogP contribution >= 0.6 is 11.8 Å². The first-order valence-electron chi connectivity index (χ1n) is 5.65. The topological polar surface area (TPSA) is 24.4 Å². The van der Waals surface area contributed by atoms with Gasteiger partial charge < -0.3 is 5.32 Å². The zero-order valence-corrected chi connectivity index (χ0v) is 10.6. The number of benzene rings is 1. The molecule has 6 heteroatoms. The Bertz CT molecular complexity index is 457. The lowest BCUT2D eigenvalue weighted by molar-refractivity contribution is -0.136. The molecule has 0 bridgehead atoms. The monoisotopic (exact) mass is 274 g/mol. The summed E-state index contributed by atoms with van der Waals surface area (Å²) in [6, 6.07) is 5.45. The fourth-order valence-electron chi connectivity index (χ4n) is 1.65. The lowest BCUT2D eigenvalue weighted by Crippen LogP contribution is -2.13. The average molecular weight is 274 g/mol. The summed E-state index contributed by atoms with van der Waals surface area (Å²) >= 11 is 1.50.